The Morgan fingerprint density at radius 2 is 2.09 bits per heavy atom. The fourth-order valence-corrected chi connectivity index (χ4v) is 2.86. The van der Waals surface area contributed by atoms with Crippen molar-refractivity contribution in [3.05, 3.63) is 41.2 Å². The van der Waals surface area contributed by atoms with Crippen LogP contribution < -0.4 is 10.5 Å². The summed E-state index contributed by atoms with van der Waals surface area (Å²) in [5.41, 5.74) is -0.199. The highest BCUT2D eigenvalue weighted by atomic mass is 16.2. The van der Waals surface area contributed by atoms with Gasteiger partial charge in [0.1, 0.15) is 6.04 Å². The number of carbonyl (C=O) groups is 1. The predicted octanol–water partition coefficient (Wildman–Crippen LogP) is 0.266. The average Bonchev–Trinajstić information content (AvgIpc) is 3.10. The quantitative estimate of drug-likeness (QED) is 0.874. The number of aromatic nitrogens is 4. The molecule has 1 aliphatic heterocycles. The summed E-state index contributed by atoms with van der Waals surface area (Å²) in [4.78, 5) is 35.0. The second kappa shape index (κ2) is 6.64. The molecular formula is C15H20N6O2. The van der Waals surface area contributed by atoms with Crippen LogP contribution in [0.4, 0.5) is 5.82 Å². The number of nitrogens with zero attached hydrogens (tertiary/aromatic N) is 5. The number of aromatic amines is 1. The van der Waals surface area contributed by atoms with E-state index in [2.05, 4.69) is 15.1 Å². The topological polar surface area (TPSA) is 87.1 Å². The Morgan fingerprint density at radius 3 is 2.70 bits per heavy atom. The number of amides is 1. The third-order valence-corrected chi connectivity index (χ3v) is 4.10. The van der Waals surface area contributed by atoms with Gasteiger partial charge in [-0.25, -0.2) is 4.98 Å². The van der Waals surface area contributed by atoms with E-state index in [1.54, 1.807) is 17.1 Å². The van der Waals surface area contributed by atoms with E-state index < -0.39 is 0 Å². The Balaban J connectivity index is 1.66. The Hall–Kier alpha value is -2.64. The first-order valence-electron chi connectivity index (χ1n) is 7.77. The van der Waals surface area contributed by atoms with Gasteiger partial charge in [0.15, 0.2) is 5.82 Å². The SMILES string of the molecule is CCC(C(=O)N1CCN(c2ncc[nH]c2=O)CC1)n1cccn1. The lowest BCUT2D eigenvalue weighted by molar-refractivity contribution is -0.135. The minimum absolute atomic E-state index is 0.0748. The molecule has 1 amide bonds. The molecular weight excluding hydrogens is 296 g/mol. The molecule has 3 heterocycles. The molecule has 3 rings (SSSR count). The summed E-state index contributed by atoms with van der Waals surface area (Å²) in [6.45, 7) is 4.33. The average molecular weight is 316 g/mol. The molecule has 2 aromatic rings. The van der Waals surface area contributed by atoms with E-state index in [0.717, 1.165) is 0 Å². The van der Waals surface area contributed by atoms with E-state index >= 15 is 0 Å². The van der Waals surface area contributed by atoms with Crippen molar-refractivity contribution in [2.45, 2.75) is 19.4 Å². The molecule has 0 bridgehead atoms. The second-order valence-electron chi connectivity index (χ2n) is 5.46. The van der Waals surface area contributed by atoms with Gasteiger partial charge in [0.05, 0.1) is 0 Å². The molecule has 1 atom stereocenters. The second-order valence-corrected chi connectivity index (χ2v) is 5.46. The van der Waals surface area contributed by atoms with E-state index in [9.17, 15) is 9.59 Å². The van der Waals surface area contributed by atoms with Crippen LogP contribution in [0.25, 0.3) is 0 Å². The first-order chi connectivity index (χ1) is 11.2. The highest BCUT2D eigenvalue weighted by Gasteiger charge is 2.28. The van der Waals surface area contributed by atoms with Crippen LogP contribution in [0, 0.1) is 0 Å². The van der Waals surface area contributed by atoms with Gasteiger partial charge in [-0.15, -0.1) is 0 Å². The molecule has 1 saturated heterocycles. The minimum atomic E-state index is -0.269. The number of hydrogen-bond donors (Lipinski definition) is 1. The normalized spacial score (nSPS) is 16.4. The Labute approximate surface area is 133 Å². The fraction of sp³-hybridized carbons (Fsp3) is 0.467. The van der Waals surface area contributed by atoms with Gasteiger partial charge >= 0.3 is 0 Å². The molecule has 0 radical (unpaired) electrons. The zero-order valence-electron chi connectivity index (χ0n) is 13.1. The van der Waals surface area contributed by atoms with Gasteiger partial charge in [0, 0.05) is 51.0 Å². The molecule has 1 N–H and O–H groups in total. The highest BCUT2D eigenvalue weighted by Crippen LogP contribution is 2.16. The van der Waals surface area contributed by atoms with Crippen molar-refractivity contribution in [2.75, 3.05) is 31.1 Å². The van der Waals surface area contributed by atoms with Gasteiger partial charge in [-0.2, -0.15) is 5.10 Å². The van der Waals surface area contributed by atoms with E-state index in [0.29, 0.717) is 38.4 Å². The van der Waals surface area contributed by atoms with Crippen LogP contribution in [0.2, 0.25) is 0 Å². The van der Waals surface area contributed by atoms with Crippen molar-refractivity contribution >= 4 is 11.7 Å². The summed E-state index contributed by atoms with van der Waals surface area (Å²) in [5.74, 6) is 0.490. The summed E-state index contributed by atoms with van der Waals surface area (Å²) < 4.78 is 1.71. The van der Waals surface area contributed by atoms with Crippen LogP contribution in [0.1, 0.15) is 19.4 Å². The van der Waals surface area contributed by atoms with Gasteiger partial charge in [0.25, 0.3) is 5.56 Å². The molecule has 0 spiro atoms. The molecule has 8 nitrogen and oxygen atoms in total. The van der Waals surface area contributed by atoms with E-state index in [1.165, 1.54) is 6.20 Å². The lowest BCUT2D eigenvalue weighted by Gasteiger charge is -2.36. The zero-order valence-corrected chi connectivity index (χ0v) is 13.1. The summed E-state index contributed by atoms with van der Waals surface area (Å²) in [6, 6.07) is 1.55. The van der Waals surface area contributed by atoms with Crippen LogP contribution >= 0.6 is 0 Å². The van der Waals surface area contributed by atoms with Crippen LogP contribution in [0.5, 0.6) is 0 Å². The molecule has 2 aromatic heterocycles. The number of piperazine rings is 1. The number of rotatable bonds is 4. The molecule has 0 aromatic carbocycles. The van der Waals surface area contributed by atoms with Gasteiger partial charge in [-0.3, -0.25) is 14.3 Å². The molecule has 8 heteroatoms. The Kier molecular flexibility index (Phi) is 4.40. The molecule has 1 aliphatic rings. The maximum Gasteiger partial charge on any atom is 0.290 e. The van der Waals surface area contributed by atoms with Crippen LogP contribution in [0.3, 0.4) is 0 Å². The van der Waals surface area contributed by atoms with Crippen molar-refractivity contribution in [1.82, 2.24) is 24.6 Å². The first kappa shape index (κ1) is 15.3. The minimum Gasteiger partial charge on any atom is -0.348 e. The summed E-state index contributed by atoms with van der Waals surface area (Å²) in [5, 5.41) is 4.18. The first-order valence-corrected chi connectivity index (χ1v) is 7.77. The van der Waals surface area contributed by atoms with Crippen molar-refractivity contribution < 1.29 is 4.79 Å². The summed E-state index contributed by atoms with van der Waals surface area (Å²) >= 11 is 0. The molecule has 122 valence electrons. The Bertz CT molecular complexity index is 703. The van der Waals surface area contributed by atoms with E-state index in [-0.39, 0.29) is 17.5 Å². The maximum absolute atomic E-state index is 12.7. The largest absolute Gasteiger partial charge is 0.348 e. The molecule has 1 fully saturated rings. The number of nitrogens with one attached hydrogen (secondary N) is 1. The molecule has 23 heavy (non-hydrogen) atoms. The zero-order chi connectivity index (χ0) is 16.2. The van der Waals surface area contributed by atoms with Crippen LogP contribution in [-0.2, 0) is 4.79 Å². The van der Waals surface area contributed by atoms with E-state index in [4.69, 9.17) is 0 Å². The highest BCUT2D eigenvalue weighted by molar-refractivity contribution is 5.80. The van der Waals surface area contributed by atoms with Crippen LogP contribution in [-0.4, -0.2) is 56.7 Å². The van der Waals surface area contributed by atoms with Crippen molar-refractivity contribution in [2.24, 2.45) is 0 Å². The fourth-order valence-electron chi connectivity index (χ4n) is 2.86. The summed E-state index contributed by atoms with van der Waals surface area (Å²) in [7, 11) is 0. The third kappa shape index (κ3) is 3.10. The van der Waals surface area contributed by atoms with Gasteiger partial charge in [0.2, 0.25) is 5.91 Å². The number of carbonyl (C=O) groups excluding carboxylic acids is 1. The Morgan fingerprint density at radius 1 is 1.30 bits per heavy atom. The smallest absolute Gasteiger partial charge is 0.290 e. The third-order valence-electron chi connectivity index (χ3n) is 4.10. The van der Waals surface area contributed by atoms with Gasteiger partial charge < -0.3 is 14.8 Å². The predicted molar refractivity (Wildman–Crippen MR) is 85.2 cm³/mol. The number of H-pyrrole nitrogens is 1. The maximum atomic E-state index is 12.7. The lowest BCUT2D eigenvalue weighted by Crippen LogP contribution is -2.51. The summed E-state index contributed by atoms with van der Waals surface area (Å²) in [6.07, 6.45) is 7.28. The number of hydrogen-bond acceptors (Lipinski definition) is 5. The lowest BCUT2D eigenvalue weighted by atomic mass is 10.2. The molecule has 0 aliphatic carbocycles. The van der Waals surface area contributed by atoms with Crippen molar-refractivity contribution in [3.63, 3.8) is 0 Å². The van der Waals surface area contributed by atoms with Crippen molar-refractivity contribution in [1.29, 1.82) is 0 Å². The van der Waals surface area contributed by atoms with E-state index in [1.807, 2.05) is 29.0 Å². The van der Waals surface area contributed by atoms with Crippen molar-refractivity contribution in [3.8, 4) is 0 Å². The monoisotopic (exact) mass is 316 g/mol. The molecule has 0 saturated carbocycles. The van der Waals surface area contributed by atoms with Gasteiger partial charge in [-0.05, 0) is 12.5 Å². The van der Waals surface area contributed by atoms with Crippen LogP contribution in [0.15, 0.2) is 35.6 Å². The van der Waals surface area contributed by atoms with Gasteiger partial charge in [-0.1, -0.05) is 6.92 Å². The standard InChI is InChI=1S/C15H20N6O2/c1-2-12(21-7-3-4-18-21)15(23)20-10-8-19(9-11-20)13-14(22)17-6-5-16-13/h3-7,12H,2,8-11H2,1H3,(H,17,22). The number of anilines is 1. The molecule has 1 unspecified atom stereocenters.